The largest absolute Gasteiger partial charge is 0.491 e. The molecule has 1 N–H and O–H groups in total. The van der Waals surface area contributed by atoms with E-state index < -0.39 is 6.10 Å². The van der Waals surface area contributed by atoms with E-state index in [2.05, 4.69) is 0 Å². The molecule has 0 saturated carbocycles. The van der Waals surface area contributed by atoms with Gasteiger partial charge in [0, 0.05) is 0 Å². The third-order valence-corrected chi connectivity index (χ3v) is 2.18. The van der Waals surface area contributed by atoms with Crippen LogP contribution < -0.4 is 0 Å². The number of aliphatic hydroxyl groups is 1. The van der Waals surface area contributed by atoms with E-state index in [1.165, 1.54) is 0 Å². The molecule has 0 spiro atoms. The minimum Gasteiger partial charge on any atom is -0.491 e. The maximum Gasteiger partial charge on any atom is 0.149 e. The zero-order valence-corrected chi connectivity index (χ0v) is 7.26. The second-order valence-electron chi connectivity index (χ2n) is 3.14. The van der Waals surface area contributed by atoms with Crippen LogP contribution in [0.15, 0.2) is 42.7 Å². The summed E-state index contributed by atoms with van der Waals surface area (Å²) in [6.07, 6.45) is 3.53. The van der Waals surface area contributed by atoms with Crippen LogP contribution in [-0.2, 0) is 4.74 Å². The summed E-state index contributed by atoms with van der Waals surface area (Å²) in [6, 6.07) is 9.78. The van der Waals surface area contributed by atoms with Gasteiger partial charge in [-0.1, -0.05) is 30.3 Å². The summed E-state index contributed by atoms with van der Waals surface area (Å²) >= 11 is 0. The van der Waals surface area contributed by atoms with Gasteiger partial charge in [-0.05, 0) is 18.1 Å². The summed E-state index contributed by atoms with van der Waals surface area (Å²) in [6.45, 7) is 0. The van der Waals surface area contributed by atoms with Crippen LogP contribution in [0.3, 0.4) is 0 Å². The van der Waals surface area contributed by atoms with Gasteiger partial charge in [-0.15, -0.1) is 0 Å². The molecule has 1 aliphatic heterocycles. The van der Waals surface area contributed by atoms with Crippen molar-refractivity contribution in [3.63, 3.8) is 0 Å². The average Bonchev–Trinajstić information content (AvgIpc) is 2.20. The van der Waals surface area contributed by atoms with Crippen LogP contribution in [0.1, 0.15) is 18.1 Å². The van der Waals surface area contributed by atoms with Crippen molar-refractivity contribution >= 4 is 0 Å². The van der Waals surface area contributed by atoms with Gasteiger partial charge in [-0.3, -0.25) is 0 Å². The summed E-state index contributed by atoms with van der Waals surface area (Å²) in [7, 11) is 0. The second kappa shape index (κ2) is 3.62. The zero-order valence-electron chi connectivity index (χ0n) is 7.26. The molecule has 0 saturated heterocycles. The Bertz CT molecular complexity index is 292. The van der Waals surface area contributed by atoms with Gasteiger partial charge in [0.2, 0.25) is 0 Å². The number of hydrogen-bond acceptors (Lipinski definition) is 2. The molecule has 2 heteroatoms. The molecular weight excluding hydrogens is 164 g/mol. The second-order valence-corrected chi connectivity index (χ2v) is 3.14. The SMILES string of the molecule is O[C@@H]1CC=CO[C@@H]1c1ccccc1. The lowest BCUT2D eigenvalue weighted by Crippen LogP contribution is -2.21. The molecule has 68 valence electrons. The van der Waals surface area contributed by atoms with Gasteiger partial charge in [-0.25, -0.2) is 0 Å². The monoisotopic (exact) mass is 176 g/mol. The highest BCUT2D eigenvalue weighted by Gasteiger charge is 2.22. The fraction of sp³-hybridized carbons (Fsp3) is 0.273. The lowest BCUT2D eigenvalue weighted by molar-refractivity contribution is -0.00281. The summed E-state index contributed by atoms with van der Waals surface area (Å²) in [5.74, 6) is 0. The van der Waals surface area contributed by atoms with Gasteiger partial charge in [0.15, 0.2) is 0 Å². The quantitative estimate of drug-likeness (QED) is 0.709. The Morgan fingerprint density at radius 2 is 2.00 bits per heavy atom. The first-order chi connectivity index (χ1) is 6.38. The van der Waals surface area contributed by atoms with Crippen LogP contribution in [0.5, 0.6) is 0 Å². The van der Waals surface area contributed by atoms with E-state index in [1.807, 2.05) is 36.4 Å². The van der Waals surface area contributed by atoms with Crippen LogP contribution in [0.4, 0.5) is 0 Å². The molecule has 2 atom stereocenters. The van der Waals surface area contributed by atoms with E-state index in [9.17, 15) is 5.11 Å². The first-order valence-electron chi connectivity index (χ1n) is 4.41. The van der Waals surface area contributed by atoms with Crippen molar-refractivity contribution < 1.29 is 9.84 Å². The highest BCUT2D eigenvalue weighted by atomic mass is 16.5. The van der Waals surface area contributed by atoms with E-state index in [0.29, 0.717) is 6.42 Å². The Morgan fingerprint density at radius 3 is 2.69 bits per heavy atom. The van der Waals surface area contributed by atoms with Crippen molar-refractivity contribution in [2.75, 3.05) is 0 Å². The molecule has 1 aromatic carbocycles. The standard InChI is InChI=1S/C11H12O2/c12-10-7-4-8-13-11(10)9-5-2-1-3-6-9/h1-6,8,10-12H,7H2/t10-,11-/m1/s1. The number of ether oxygens (including phenoxy) is 1. The van der Waals surface area contributed by atoms with Crippen LogP contribution in [0, 0.1) is 0 Å². The minimum atomic E-state index is -0.424. The molecule has 2 rings (SSSR count). The fourth-order valence-corrected chi connectivity index (χ4v) is 1.49. The van der Waals surface area contributed by atoms with E-state index >= 15 is 0 Å². The van der Waals surface area contributed by atoms with Crippen molar-refractivity contribution in [2.24, 2.45) is 0 Å². The summed E-state index contributed by atoms with van der Waals surface area (Å²) in [5.41, 5.74) is 1.03. The molecule has 0 radical (unpaired) electrons. The van der Waals surface area contributed by atoms with Crippen molar-refractivity contribution in [2.45, 2.75) is 18.6 Å². The molecule has 0 unspecified atom stereocenters. The molecule has 0 aromatic heterocycles. The first kappa shape index (κ1) is 8.32. The van der Waals surface area contributed by atoms with Gasteiger partial charge in [0.05, 0.1) is 12.4 Å². The maximum atomic E-state index is 9.65. The third kappa shape index (κ3) is 1.73. The van der Waals surface area contributed by atoms with Crippen LogP contribution >= 0.6 is 0 Å². The molecule has 0 fully saturated rings. The van der Waals surface area contributed by atoms with E-state index in [-0.39, 0.29) is 6.10 Å². The Hall–Kier alpha value is -1.28. The van der Waals surface area contributed by atoms with Crippen LogP contribution in [0.25, 0.3) is 0 Å². The molecule has 0 bridgehead atoms. The Balaban J connectivity index is 2.21. The topological polar surface area (TPSA) is 29.5 Å². The normalized spacial score (nSPS) is 26.8. The predicted molar refractivity (Wildman–Crippen MR) is 50.0 cm³/mol. The van der Waals surface area contributed by atoms with E-state index in [4.69, 9.17) is 4.74 Å². The zero-order chi connectivity index (χ0) is 9.10. The lowest BCUT2D eigenvalue weighted by atomic mass is 10.0. The van der Waals surface area contributed by atoms with Crippen LogP contribution in [-0.4, -0.2) is 11.2 Å². The van der Waals surface area contributed by atoms with Gasteiger partial charge in [0.25, 0.3) is 0 Å². The van der Waals surface area contributed by atoms with Crippen molar-refractivity contribution in [3.8, 4) is 0 Å². The smallest absolute Gasteiger partial charge is 0.149 e. The highest BCUT2D eigenvalue weighted by Crippen LogP contribution is 2.26. The maximum absolute atomic E-state index is 9.65. The molecular formula is C11H12O2. The van der Waals surface area contributed by atoms with Gasteiger partial charge in [-0.2, -0.15) is 0 Å². The summed E-state index contributed by atoms with van der Waals surface area (Å²) < 4.78 is 5.35. The minimum absolute atomic E-state index is 0.203. The summed E-state index contributed by atoms with van der Waals surface area (Å²) in [4.78, 5) is 0. The number of benzene rings is 1. The van der Waals surface area contributed by atoms with Gasteiger partial charge >= 0.3 is 0 Å². The molecule has 1 heterocycles. The predicted octanol–water partition coefficient (Wildman–Crippen LogP) is 2.02. The molecule has 13 heavy (non-hydrogen) atoms. The summed E-state index contributed by atoms with van der Waals surface area (Å²) in [5, 5.41) is 9.65. The number of rotatable bonds is 1. The van der Waals surface area contributed by atoms with Crippen molar-refractivity contribution in [3.05, 3.63) is 48.2 Å². The molecule has 0 aliphatic carbocycles. The first-order valence-corrected chi connectivity index (χ1v) is 4.41. The Labute approximate surface area is 77.5 Å². The number of aliphatic hydroxyl groups excluding tert-OH is 1. The average molecular weight is 176 g/mol. The van der Waals surface area contributed by atoms with E-state index in [0.717, 1.165) is 5.56 Å². The lowest BCUT2D eigenvalue weighted by Gasteiger charge is -2.25. The fourth-order valence-electron chi connectivity index (χ4n) is 1.49. The van der Waals surface area contributed by atoms with Gasteiger partial charge < -0.3 is 9.84 Å². The highest BCUT2D eigenvalue weighted by molar-refractivity contribution is 5.19. The molecule has 1 aromatic rings. The molecule has 2 nitrogen and oxygen atoms in total. The van der Waals surface area contributed by atoms with Crippen LogP contribution in [0.2, 0.25) is 0 Å². The Morgan fingerprint density at radius 1 is 1.23 bits per heavy atom. The molecule has 1 aliphatic rings. The number of hydrogen-bond donors (Lipinski definition) is 1. The van der Waals surface area contributed by atoms with E-state index in [1.54, 1.807) is 6.26 Å². The Kier molecular flexibility index (Phi) is 2.32. The van der Waals surface area contributed by atoms with Crippen molar-refractivity contribution in [1.82, 2.24) is 0 Å². The third-order valence-electron chi connectivity index (χ3n) is 2.18. The van der Waals surface area contributed by atoms with Crippen molar-refractivity contribution in [1.29, 1.82) is 0 Å². The molecule has 0 amide bonds. The van der Waals surface area contributed by atoms with Gasteiger partial charge in [0.1, 0.15) is 6.10 Å².